The highest BCUT2D eigenvalue weighted by molar-refractivity contribution is 5.93. The van der Waals surface area contributed by atoms with Crippen LogP contribution in [0.15, 0.2) is 18.3 Å². The van der Waals surface area contributed by atoms with Crippen LogP contribution in [0, 0.1) is 0 Å². The number of hydrazine groups is 1. The van der Waals surface area contributed by atoms with E-state index in [4.69, 9.17) is 10.2 Å². The Morgan fingerprint density at radius 3 is 2.84 bits per heavy atom. The molecule has 0 aliphatic carbocycles. The van der Waals surface area contributed by atoms with Gasteiger partial charge in [0.1, 0.15) is 5.69 Å². The normalized spacial score (nSPS) is 19.3. The molecule has 1 aliphatic rings. The van der Waals surface area contributed by atoms with Crippen molar-refractivity contribution in [1.82, 2.24) is 15.4 Å². The first-order valence-corrected chi connectivity index (χ1v) is 5.99. The van der Waals surface area contributed by atoms with Crippen molar-refractivity contribution in [1.29, 1.82) is 0 Å². The maximum Gasteiger partial charge on any atom is 0.337 e. The number of aliphatic hydroxyl groups is 1. The summed E-state index contributed by atoms with van der Waals surface area (Å²) in [6.45, 7) is 0.676. The number of aliphatic hydroxyl groups excluding tert-OH is 1. The predicted molar refractivity (Wildman–Crippen MR) is 65.5 cm³/mol. The maximum atomic E-state index is 11.9. The van der Waals surface area contributed by atoms with Gasteiger partial charge in [-0.3, -0.25) is 15.2 Å². The summed E-state index contributed by atoms with van der Waals surface area (Å²) >= 11 is 0. The molecule has 0 radical (unpaired) electrons. The van der Waals surface area contributed by atoms with E-state index in [1.54, 1.807) is 5.01 Å². The van der Waals surface area contributed by atoms with Gasteiger partial charge in [0.2, 0.25) is 0 Å². The van der Waals surface area contributed by atoms with Crippen LogP contribution in [0.1, 0.15) is 33.7 Å². The quantitative estimate of drug-likeness (QED) is 0.701. The largest absolute Gasteiger partial charge is 0.478 e. The molecule has 0 bridgehead atoms. The average Bonchev–Trinajstić information content (AvgIpc) is 2.86. The third-order valence-corrected chi connectivity index (χ3v) is 3.08. The number of hydrogen-bond acceptors (Lipinski definition) is 5. The van der Waals surface area contributed by atoms with Crippen molar-refractivity contribution in [3.8, 4) is 0 Å². The zero-order chi connectivity index (χ0) is 13.8. The molecule has 7 nitrogen and oxygen atoms in total. The van der Waals surface area contributed by atoms with E-state index in [9.17, 15) is 9.59 Å². The lowest BCUT2D eigenvalue weighted by Crippen LogP contribution is -2.46. The van der Waals surface area contributed by atoms with Gasteiger partial charge in [-0.1, -0.05) is 0 Å². The number of carboxylic acids is 1. The summed E-state index contributed by atoms with van der Waals surface area (Å²) in [4.78, 5) is 26.4. The molecule has 2 rings (SSSR count). The van der Waals surface area contributed by atoms with Crippen molar-refractivity contribution in [2.45, 2.75) is 18.9 Å². The van der Waals surface area contributed by atoms with Gasteiger partial charge in [0.15, 0.2) is 0 Å². The van der Waals surface area contributed by atoms with Gasteiger partial charge >= 0.3 is 5.97 Å². The second-order valence-corrected chi connectivity index (χ2v) is 4.35. The third-order valence-electron chi connectivity index (χ3n) is 3.08. The van der Waals surface area contributed by atoms with Crippen molar-refractivity contribution < 1.29 is 19.8 Å². The highest BCUT2D eigenvalue weighted by Crippen LogP contribution is 2.14. The highest BCUT2D eigenvalue weighted by Gasteiger charge is 2.25. The number of carbonyl (C=O) groups excluding carboxylic acids is 1. The smallest absolute Gasteiger partial charge is 0.337 e. The number of rotatable bonds is 4. The molecule has 0 spiro atoms. The minimum absolute atomic E-state index is 0.00827. The Kier molecular flexibility index (Phi) is 4.08. The molecular weight excluding hydrogens is 250 g/mol. The zero-order valence-corrected chi connectivity index (χ0v) is 10.2. The van der Waals surface area contributed by atoms with Gasteiger partial charge in [-0.15, -0.1) is 0 Å². The van der Waals surface area contributed by atoms with E-state index in [2.05, 4.69) is 10.4 Å². The van der Waals surface area contributed by atoms with E-state index in [0.717, 1.165) is 19.0 Å². The molecule has 0 aromatic carbocycles. The van der Waals surface area contributed by atoms with E-state index >= 15 is 0 Å². The molecule has 0 saturated carbocycles. The summed E-state index contributed by atoms with van der Waals surface area (Å²) in [6, 6.07) is 2.63. The van der Waals surface area contributed by atoms with Crippen LogP contribution in [-0.4, -0.2) is 51.3 Å². The van der Waals surface area contributed by atoms with Crippen LogP contribution in [0.25, 0.3) is 0 Å². The van der Waals surface area contributed by atoms with Crippen molar-refractivity contribution in [3.63, 3.8) is 0 Å². The Morgan fingerprint density at radius 2 is 2.26 bits per heavy atom. The number of nitrogens with one attached hydrogen (secondary N) is 1. The minimum Gasteiger partial charge on any atom is -0.478 e. The second kappa shape index (κ2) is 5.77. The first-order valence-electron chi connectivity index (χ1n) is 5.99. The monoisotopic (exact) mass is 265 g/mol. The van der Waals surface area contributed by atoms with Crippen LogP contribution in [0.3, 0.4) is 0 Å². The number of carboxylic acid groups (broad SMARTS) is 1. The molecule has 1 aromatic heterocycles. The fraction of sp³-hybridized carbons (Fsp3) is 0.417. The second-order valence-electron chi connectivity index (χ2n) is 4.35. The Morgan fingerprint density at radius 1 is 1.47 bits per heavy atom. The van der Waals surface area contributed by atoms with E-state index in [1.807, 2.05) is 0 Å². The summed E-state index contributed by atoms with van der Waals surface area (Å²) in [5, 5.41) is 19.6. The highest BCUT2D eigenvalue weighted by atomic mass is 16.4. The van der Waals surface area contributed by atoms with E-state index in [-0.39, 0.29) is 23.9 Å². The molecule has 1 fully saturated rings. The standard InChI is InChI=1S/C12H15N3O4/c16-7-9-2-1-5-15(9)14-11(17)10-4-3-8(6-13-10)12(18)19/h3-4,6,9,16H,1-2,5,7H2,(H,14,17)(H,18,19). The molecule has 19 heavy (non-hydrogen) atoms. The first-order chi connectivity index (χ1) is 9.11. The fourth-order valence-electron chi connectivity index (χ4n) is 2.02. The van der Waals surface area contributed by atoms with Crippen LogP contribution in [0.5, 0.6) is 0 Å². The van der Waals surface area contributed by atoms with Gasteiger partial charge in [-0.25, -0.2) is 9.80 Å². The Hall–Kier alpha value is -1.99. The van der Waals surface area contributed by atoms with Crippen LogP contribution < -0.4 is 5.43 Å². The van der Waals surface area contributed by atoms with Crippen molar-refractivity contribution in [2.24, 2.45) is 0 Å². The van der Waals surface area contributed by atoms with Crippen molar-refractivity contribution >= 4 is 11.9 Å². The molecule has 1 atom stereocenters. The number of aromatic carboxylic acids is 1. The molecule has 1 amide bonds. The molecule has 3 N–H and O–H groups in total. The molecule has 1 aliphatic heterocycles. The lowest BCUT2D eigenvalue weighted by Gasteiger charge is -2.23. The van der Waals surface area contributed by atoms with E-state index in [1.165, 1.54) is 12.1 Å². The molecule has 1 aromatic rings. The third kappa shape index (κ3) is 3.07. The van der Waals surface area contributed by atoms with Crippen molar-refractivity contribution in [2.75, 3.05) is 13.2 Å². The summed E-state index contributed by atoms with van der Waals surface area (Å²) in [7, 11) is 0. The van der Waals surface area contributed by atoms with Gasteiger partial charge in [0, 0.05) is 12.7 Å². The number of amides is 1. The Balaban J connectivity index is 2.01. The number of carbonyl (C=O) groups is 2. The van der Waals surface area contributed by atoms with Gasteiger partial charge in [-0.2, -0.15) is 0 Å². The molecule has 102 valence electrons. The zero-order valence-electron chi connectivity index (χ0n) is 10.2. The van der Waals surface area contributed by atoms with Gasteiger partial charge in [-0.05, 0) is 25.0 Å². The number of hydrogen-bond donors (Lipinski definition) is 3. The topological polar surface area (TPSA) is 103 Å². The molecular formula is C12H15N3O4. The van der Waals surface area contributed by atoms with Gasteiger partial charge < -0.3 is 10.2 Å². The van der Waals surface area contributed by atoms with Crippen LogP contribution >= 0.6 is 0 Å². The molecule has 2 heterocycles. The molecule has 1 unspecified atom stereocenters. The minimum atomic E-state index is -1.08. The lowest BCUT2D eigenvalue weighted by molar-refractivity contribution is 0.0672. The number of nitrogens with zero attached hydrogens (tertiary/aromatic N) is 2. The van der Waals surface area contributed by atoms with E-state index in [0.29, 0.717) is 6.54 Å². The summed E-state index contributed by atoms with van der Waals surface area (Å²) < 4.78 is 0. The summed E-state index contributed by atoms with van der Waals surface area (Å²) in [5.74, 6) is -1.49. The van der Waals surface area contributed by atoms with Crippen LogP contribution in [0.4, 0.5) is 0 Å². The maximum absolute atomic E-state index is 11.9. The van der Waals surface area contributed by atoms with Crippen LogP contribution in [0.2, 0.25) is 0 Å². The first kappa shape index (κ1) is 13.4. The van der Waals surface area contributed by atoms with Crippen molar-refractivity contribution in [3.05, 3.63) is 29.6 Å². The molecule has 7 heteroatoms. The molecule has 1 saturated heterocycles. The van der Waals surface area contributed by atoms with Crippen LogP contribution in [-0.2, 0) is 0 Å². The SMILES string of the molecule is O=C(O)c1ccc(C(=O)NN2CCCC2CO)nc1. The fourth-order valence-corrected chi connectivity index (χ4v) is 2.02. The lowest BCUT2D eigenvalue weighted by atomic mass is 10.2. The predicted octanol–water partition coefficient (Wildman–Crippen LogP) is -0.119. The summed E-state index contributed by atoms with van der Waals surface area (Å²) in [5.41, 5.74) is 2.85. The Bertz CT molecular complexity index is 474. The number of aromatic nitrogens is 1. The van der Waals surface area contributed by atoms with Gasteiger partial charge in [0.25, 0.3) is 5.91 Å². The van der Waals surface area contributed by atoms with Gasteiger partial charge in [0.05, 0.1) is 18.2 Å². The number of pyridine rings is 1. The average molecular weight is 265 g/mol. The van der Waals surface area contributed by atoms with E-state index < -0.39 is 11.9 Å². The Labute approximate surface area is 109 Å². The summed E-state index contributed by atoms with van der Waals surface area (Å²) in [6.07, 6.45) is 2.89.